The second-order valence-electron chi connectivity index (χ2n) is 6.34. The van der Waals surface area contributed by atoms with E-state index in [1.54, 1.807) is 4.90 Å². The molecule has 0 aliphatic carbocycles. The summed E-state index contributed by atoms with van der Waals surface area (Å²) in [4.78, 5) is 28.8. The Morgan fingerprint density at radius 3 is 2.50 bits per heavy atom. The van der Waals surface area contributed by atoms with Crippen LogP contribution in [0.1, 0.15) is 48.0 Å². The lowest BCUT2D eigenvalue weighted by molar-refractivity contribution is 0.0693. The molecule has 5 nitrogen and oxygen atoms in total. The van der Waals surface area contributed by atoms with Gasteiger partial charge in [-0.05, 0) is 29.9 Å². The zero-order valence-corrected chi connectivity index (χ0v) is 12.1. The molecule has 20 heavy (non-hydrogen) atoms. The van der Waals surface area contributed by atoms with E-state index in [1.165, 1.54) is 18.3 Å². The minimum absolute atomic E-state index is 0.0931. The number of rotatable bonds is 2. The van der Waals surface area contributed by atoms with Gasteiger partial charge < -0.3 is 10.0 Å². The Kier molecular flexibility index (Phi) is 3.79. The Bertz CT molecular complexity index is 517. The molecule has 2 rings (SSSR count). The average Bonchev–Trinajstić information content (AvgIpc) is 2.87. The minimum Gasteiger partial charge on any atom is -0.478 e. The largest absolute Gasteiger partial charge is 0.478 e. The Morgan fingerprint density at radius 2 is 2.05 bits per heavy atom. The fraction of sp³-hybridized carbons (Fsp3) is 0.533. The van der Waals surface area contributed by atoms with Crippen LogP contribution in [0.25, 0.3) is 0 Å². The van der Waals surface area contributed by atoms with Crippen LogP contribution in [0.5, 0.6) is 0 Å². The summed E-state index contributed by atoms with van der Waals surface area (Å²) < 4.78 is 0. The molecule has 1 aliphatic rings. The maximum atomic E-state index is 12.3. The van der Waals surface area contributed by atoms with Crippen molar-refractivity contribution in [2.45, 2.75) is 27.2 Å². The summed E-state index contributed by atoms with van der Waals surface area (Å²) in [5, 5.41) is 8.81. The number of nitrogens with zero attached hydrogens (tertiary/aromatic N) is 2. The third-order valence-electron chi connectivity index (χ3n) is 3.93. The first-order chi connectivity index (χ1) is 9.29. The molecule has 1 N–H and O–H groups in total. The molecular formula is C15H20N2O3. The Morgan fingerprint density at radius 1 is 1.35 bits per heavy atom. The van der Waals surface area contributed by atoms with Crippen LogP contribution in [-0.4, -0.2) is 40.0 Å². The highest BCUT2D eigenvalue weighted by Crippen LogP contribution is 2.33. The van der Waals surface area contributed by atoms with E-state index in [1.807, 2.05) is 0 Å². The second kappa shape index (κ2) is 5.23. The summed E-state index contributed by atoms with van der Waals surface area (Å²) in [7, 11) is 0. The van der Waals surface area contributed by atoms with Gasteiger partial charge in [0.15, 0.2) is 0 Å². The number of carboxylic acid groups (broad SMARTS) is 1. The molecule has 1 fully saturated rings. The summed E-state index contributed by atoms with van der Waals surface area (Å²) in [6.07, 6.45) is 2.23. The number of carbonyl (C=O) groups is 2. The Labute approximate surface area is 118 Å². The van der Waals surface area contributed by atoms with E-state index in [0.717, 1.165) is 19.5 Å². The molecule has 1 atom stereocenters. The van der Waals surface area contributed by atoms with Crippen molar-refractivity contribution in [1.82, 2.24) is 9.88 Å². The molecule has 1 amide bonds. The van der Waals surface area contributed by atoms with E-state index in [0.29, 0.717) is 11.6 Å². The highest BCUT2D eigenvalue weighted by Gasteiger charge is 2.34. The van der Waals surface area contributed by atoms with Gasteiger partial charge in [0.2, 0.25) is 0 Å². The number of aromatic nitrogens is 1. The Hall–Kier alpha value is -1.91. The van der Waals surface area contributed by atoms with Gasteiger partial charge in [0.05, 0.1) is 5.56 Å². The van der Waals surface area contributed by atoms with E-state index in [2.05, 4.69) is 25.8 Å². The zero-order chi connectivity index (χ0) is 14.9. The number of aromatic carboxylic acids is 1. The summed E-state index contributed by atoms with van der Waals surface area (Å²) in [5.41, 5.74) is 0.593. The van der Waals surface area contributed by atoms with Crippen molar-refractivity contribution in [3.8, 4) is 0 Å². The zero-order valence-electron chi connectivity index (χ0n) is 12.1. The molecule has 1 aliphatic heterocycles. The van der Waals surface area contributed by atoms with Gasteiger partial charge in [-0.1, -0.05) is 20.8 Å². The monoisotopic (exact) mass is 276 g/mol. The highest BCUT2D eigenvalue weighted by atomic mass is 16.4. The van der Waals surface area contributed by atoms with Gasteiger partial charge in [-0.15, -0.1) is 0 Å². The van der Waals surface area contributed by atoms with Crippen LogP contribution in [-0.2, 0) is 0 Å². The summed E-state index contributed by atoms with van der Waals surface area (Å²) in [5.74, 6) is -0.663. The average molecular weight is 276 g/mol. The number of amides is 1. The summed E-state index contributed by atoms with van der Waals surface area (Å²) >= 11 is 0. The molecule has 1 unspecified atom stereocenters. The van der Waals surface area contributed by atoms with Gasteiger partial charge in [0.25, 0.3) is 5.91 Å². The molecule has 0 radical (unpaired) electrons. The maximum Gasteiger partial charge on any atom is 0.337 e. The molecule has 1 aromatic rings. The summed E-state index contributed by atoms with van der Waals surface area (Å²) in [6, 6.07) is 2.90. The van der Waals surface area contributed by atoms with E-state index < -0.39 is 5.97 Å². The molecule has 0 bridgehead atoms. The van der Waals surface area contributed by atoms with Gasteiger partial charge in [-0.25, -0.2) is 4.79 Å². The fourth-order valence-electron chi connectivity index (χ4n) is 2.46. The van der Waals surface area contributed by atoms with Crippen LogP contribution in [0.4, 0.5) is 0 Å². The van der Waals surface area contributed by atoms with Crippen molar-refractivity contribution >= 4 is 11.9 Å². The predicted octanol–water partition coefficient (Wildman–Crippen LogP) is 2.29. The molecule has 0 aromatic carbocycles. The SMILES string of the molecule is CC(C)(C)C1CCN(C(=O)c2ccc(C(=O)O)cn2)C1. The standard InChI is InChI=1S/C15H20N2O3/c1-15(2,3)11-6-7-17(9-11)13(18)12-5-4-10(8-16-12)14(19)20/h4-5,8,11H,6-7,9H2,1-3H3,(H,19,20). The van der Waals surface area contributed by atoms with Crippen LogP contribution >= 0.6 is 0 Å². The molecule has 1 aromatic heterocycles. The number of carboxylic acids is 1. The third kappa shape index (κ3) is 2.98. The first-order valence-corrected chi connectivity index (χ1v) is 6.77. The molecule has 108 valence electrons. The van der Waals surface area contributed by atoms with Crippen molar-refractivity contribution in [2.75, 3.05) is 13.1 Å². The number of likely N-dealkylation sites (tertiary alicyclic amines) is 1. The van der Waals surface area contributed by atoms with Crippen LogP contribution < -0.4 is 0 Å². The molecule has 1 saturated heterocycles. The predicted molar refractivity (Wildman–Crippen MR) is 74.7 cm³/mol. The summed E-state index contributed by atoms with van der Waals surface area (Å²) in [6.45, 7) is 8.04. The third-order valence-corrected chi connectivity index (χ3v) is 3.93. The Balaban J connectivity index is 2.07. The molecule has 2 heterocycles. The lowest BCUT2D eigenvalue weighted by Crippen LogP contribution is -2.31. The molecular weight excluding hydrogens is 256 g/mol. The van der Waals surface area contributed by atoms with Crippen LogP contribution in [0.15, 0.2) is 18.3 Å². The normalized spacial score (nSPS) is 19.1. The first-order valence-electron chi connectivity index (χ1n) is 6.77. The lowest BCUT2D eigenvalue weighted by atomic mass is 9.80. The van der Waals surface area contributed by atoms with Crippen molar-refractivity contribution in [3.63, 3.8) is 0 Å². The lowest BCUT2D eigenvalue weighted by Gasteiger charge is -2.26. The van der Waals surface area contributed by atoms with Gasteiger partial charge in [0, 0.05) is 19.3 Å². The van der Waals surface area contributed by atoms with E-state index in [4.69, 9.17) is 5.11 Å². The van der Waals surface area contributed by atoms with Crippen molar-refractivity contribution in [3.05, 3.63) is 29.6 Å². The molecule has 0 spiro atoms. The fourth-order valence-corrected chi connectivity index (χ4v) is 2.46. The van der Waals surface area contributed by atoms with Crippen LogP contribution in [0.2, 0.25) is 0 Å². The number of hydrogen-bond acceptors (Lipinski definition) is 3. The van der Waals surface area contributed by atoms with Crippen molar-refractivity contribution in [2.24, 2.45) is 11.3 Å². The first kappa shape index (κ1) is 14.5. The van der Waals surface area contributed by atoms with Crippen molar-refractivity contribution < 1.29 is 14.7 Å². The van der Waals surface area contributed by atoms with Gasteiger partial charge >= 0.3 is 5.97 Å². The van der Waals surface area contributed by atoms with Crippen LogP contribution in [0, 0.1) is 11.3 Å². The number of carbonyl (C=O) groups excluding carboxylic acids is 1. The smallest absolute Gasteiger partial charge is 0.337 e. The second-order valence-corrected chi connectivity index (χ2v) is 6.34. The van der Waals surface area contributed by atoms with Crippen molar-refractivity contribution in [1.29, 1.82) is 0 Å². The number of hydrogen-bond donors (Lipinski definition) is 1. The van der Waals surface area contributed by atoms with E-state index >= 15 is 0 Å². The van der Waals surface area contributed by atoms with Gasteiger partial charge in [-0.2, -0.15) is 0 Å². The highest BCUT2D eigenvalue weighted by molar-refractivity contribution is 5.93. The molecule has 5 heteroatoms. The quantitative estimate of drug-likeness (QED) is 0.899. The topological polar surface area (TPSA) is 70.5 Å². The van der Waals surface area contributed by atoms with E-state index in [-0.39, 0.29) is 16.9 Å². The number of pyridine rings is 1. The minimum atomic E-state index is -1.04. The van der Waals surface area contributed by atoms with E-state index in [9.17, 15) is 9.59 Å². The maximum absolute atomic E-state index is 12.3. The van der Waals surface area contributed by atoms with Crippen LogP contribution in [0.3, 0.4) is 0 Å². The van der Waals surface area contributed by atoms with Gasteiger partial charge in [0.1, 0.15) is 5.69 Å². The molecule has 0 saturated carbocycles. The van der Waals surface area contributed by atoms with Gasteiger partial charge in [-0.3, -0.25) is 9.78 Å².